The molecule has 0 aromatic heterocycles. The molecule has 0 aliphatic carbocycles. The Bertz CT molecular complexity index is 565. The zero-order valence-corrected chi connectivity index (χ0v) is 25.3. The van der Waals surface area contributed by atoms with Crippen molar-refractivity contribution in [2.24, 2.45) is 0 Å². The highest BCUT2D eigenvalue weighted by Gasteiger charge is 2.62. The van der Waals surface area contributed by atoms with Gasteiger partial charge in [-0.1, -0.05) is 83.1 Å². The van der Waals surface area contributed by atoms with E-state index in [0.717, 1.165) is 0 Å². The van der Waals surface area contributed by atoms with Gasteiger partial charge >= 0.3 is 5.97 Å². The Kier molecular flexibility index (Phi) is 10.1. The van der Waals surface area contributed by atoms with Gasteiger partial charge in [-0.05, 0) is 49.2 Å². The van der Waals surface area contributed by atoms with Crippen LogP contribution in [-0.2, 0) is 18.4 Å². The molecule has 0 aromatic rings. The number of alkyl halides is 2. The van der Waals surface area contributed by atoms with Crippen molar-refractivity contribution < 1.29 is 22.8 Å². The third kappa shape index (κ3) is 5.33. The van der Waals surface area contributed by atoms with Gasteiger partial charge in [-0.3, -0.25) is 0 Å². The van der Waals surface area contributed by atoms with Crippen molar-refractivity contribution in [3.63, 3.8) is 0 Å². The first kappa shape index (κ1) is 29.3. The maximum atomic E-state index is 15.6. The van der Waals surface area contributed by atoms with E-state index in [1.165, 1.54) is 0 Å². The Morgan fingerprint density at radius 2 is 1.19 bits per heavy atom. The number of rotatable bonds is 11. The predicted octanol–water partition coefficient (Wildman–Crippen LogP) is 7.73. The van der Waals surface area contributed by atoms with E-state index in [4.69, 9.17) is 13.6 Å². The minimum Gasteiger partial charge on any atom is -0.454 e. The van der Waals surface area contributed by atoms with Crippen molar-refractivity contribution in [1.29, 1.82) is 0 Å². The summed E-state index contributed by atoms with van der Waals surface area (Å²) in [5, 5.41) is 0. The molecule has 31 heavy (non-hydrogen) atoms. The third-order valence-corrected chi connectivity index (χ3v) is 20.4. The first-order valence-electron chi connectivity index (χ1n) is 11.9. The minimum atomic E-state index is -2.44. The number of cyclic esters (lactones) is 1. The first-order chi connectivity index (χ1) is 14.0. The molecule has 0 saturated carbocycles. The van der Waals surface area contributed by atoms with Crippen molar-refractivity contribution in [3.05, 3.63) is 0 Å². The van der Waals surface area contributed by atoms with Gasteiger partial charge in [0.2, 0.25) is 16.6 Å². The molecule has 1 saturated heterocycles. The Morgan fingerprint density at radius 3 is 1.52 bits per heavy atom. The van der Waals surface area contributed by atoms with Crippen LogP contribution >= 0.6 is 15.9 Å². The van der Waals surface area contributed by atoms with E-state index in [-0.39, 0.29) is 23.2 Å². The highest BCUT2D eigenvalue weighted by atomic mass is 79.9. The quantitative estimate of drug-likeness (QED) is 0.153. The highest BCUT2D eigenvalue weighted by Crippen LogP contribution is 2.49. The molecule has 8 heteroatoms. The fraction of sp³-hybridized carbons (Fsp3) is 0.957. The summed E-state index contributed by atoms with van der Waals surface area (Å²) < 4.78 is 32.2. The lowest BCUT2D eigenvalue weighted by molar-refractivity contribution is -0.146. The van der Waals surface area contributed by atoms with Gasteiger partial charge in [-0.15, -0.1) is 0 Å². The van der Waals surface area contributed by atoms with Crippen molar-refractivity contribution in [2.45, 2.75) is 133 Å². The first-order valence-corrected chi connectivity index (χ1v) is 17.0. The van der Waals surface area contributed by atoms with E-state index in [9.17, 15) is 4.79 Å². The molecule has 1 heterocycles. The van der Waals surface area contributed by atoms with Crippen LogP contribution in [0.15, 0.2) is 0 Å². The van der Waals surface area contributed by atoms with E-state index >= 15 is 4.39 Å². The predicted molar refractivity (Wildman–Crippen MR) is 136 cm³/mol. The van der Waals surface area contributed by atoms with Crippen LogP contribution in [0.2, 0.25) is 33.2 Å². The molecular formula is C23H46BrFO4Si2. The second-order valence-corrected chi connectivity index (χ2v) is 23.1. The molecular weight excluding hydrogens is 495 g/mol. The van der Waals surface area contributed by atoms with Gasteiger partial charge in [-0.25, -0.2) is 9.18 Å². The summed E-state index contributed by atoms with van der Waals surface area (Å²) in [7, 11) is -4.63. The highest BCUT2D eigenvalue weighted by molar-refractivity contribution is 9.10. The standard InChI is InChI=1S/C23H46BrFO4Si2/c1-14(2)30(15(3)4,16(5)6)27-13-20-21(23(24,25)22(26)28-20)29-31(17(7)8,18(9)10)19(11)12/h14-21H,13H2,1-12H3/t20-,21-,23-/m1/s1. The average molecular weight is 542 g/mol. The lowest BCUT2D eigenvalue weighted by atomic mass is 10.2. The molecule has 184 valence electrons. The van der Waals surface area contributed by atoms with Crippen LogP contribution in [-0.4, -0.2) is 46.0 Å². The van der Waals surface area contributed by atoms with E-state index < -0.39 is 39.4 Å². The molecule has 0 N–H and O–H groups in total. The van der Waals surface area contributed by atoms with E-state index in [1.807, 2.05) is 0 Å². The summed E-state index contributed by atoms with van der Waals surface area (Å²) in [6.07, 6.45) is -1.78. The molecule has 0 bridgehead atoms. The molecule has 0 spiro atoms. The third-order valence-electron chi connectivity index (χ3n) is 7.47. The molecule has 4 nitrogen and oxygen atoms in total. The molecule has 1 rings (SSSR count). The molecule has 0 radical (unpaired) electrons. The molecule has 0 aromatic carbocycles. The normalized spacial score (nSPS) is 25.7. The Morgan fingerprint density at radius 1 is 0.839 bits per heavy atom. The van der Waals surface area contributed by atoms with Crippen LogP contribution in [0.5, 0.6) is 0 Å². The topological polar surface area (TPSA) is 44.8 Å². The monoisotopic (exact) mass is 540 g/mol. The fourth-order valence-corrected chi connectivity index (χ4v) is 17.9. The van der Waals surface area contributed by atoms with Gasteiger partial charge in [0.15, 0.2) is 6.10 Å². The van der Waals surface area contributed by atoms with Crippen LogP contribution in [0.25, 0.3) is 0 Å². The maximum Gasteiger partial charge on any atom is 0.358 e. The molecule has 0 unspecified atom stereocenters. The number of esters is 1. The molecule has 0 amide bonds. The van der Waals surface area contributed by atoms with Gasteiger partial charge in [0.1, 0.15) is 6.10 Å². The molecule has 1 fully saturated rings. The SMILES string of the molecule is CC(C)[Si](OC[C@H]1OC(=O)[C@@](F)(Br)[C@@H]1O[Si](C(C)C)(C(C)C)C(C)C)(C(C)C)C(C)C. The molecule has 1 aliphatic heterocycles. The summed E-state index contributed by atoms with van der Waals surface area (Å²) in [6.45, 7) is 26.3. The minimum absolute atomic E-state index is 0.174. The van der Waals surface area contributed by atoms with Gasteiger partial charge in [0.25, 0.3) is 4.58 Å². The van der Waals surface area contributed by atoms with E-state index in [0.29, 0.717) is 16.6 Å². The van der Waals surface area contributed by atoms with Crippen LogP contribution in [0.4, 0.5) is 4.39 Å². The maximum absolute atomic E-state index is 15.6. The van der Waals surface area contributed by atoms with Crippen molar-refractivity contribution in [1.82, 2.24) is 0 Å². The zero-order chi connectivity index (χ0) is 24.5. The molecule has 3 atom stereocenters. The summed E-state index contributed by atoms with van der Waals surface area (Å²) in [4.78, 5) is 12.5. The number of ether oxygens (including phenoxy) is 1. The van der Waals surface area contributed by atoms with Crippen molar-refractivity contribution >= 4 is 38.5 Å². The summed E-state index contributed by atoms with van der Waals surface area (Å²) in [5.74, 6) is -0.906. The van der Waals surface area contributed by atoms with Gasteiger partial charge in [-0.2, -0.15) is 0 Å². The smallest absolute Gasteiger partial charge is 0.358 e. The Labute approximate surface area is 200 Å². The number of carbonyl (C=O) groups excluding carboxylic acids is 1. The zero-order valence-electron chi connectivity index (χ0n) is 21.7. The van der Waals surface area contributed by atoms with E-state index in [1.54, 1.807) is 0 Å². The second kappa shape index (κ2) is 10.7. The van der Waals surface area contributed by atoms with Crippen LogP contribution in [0.3, 0.4) is 0 Å². The lowest BCUT2D eigenvalue weighted by Crippen LogP contribution is -2.56. The van der Waals surface area contributed by atoms with Gasteiger partial charge in [0, 0.05) is 0 Å². The van der Waals surface area contributed by atoms with Crippen LogP contribution in [0.1, 0.15) is 83.1 Å². The Hall–Kier alpha value is 0.234. The second-order valence-electron chi connectivity index (χ2n) is 11.1. The van der Waals surface area contributed by atoms with E-state index in [2.05, 4.69) is 99.0 Å². The van der Waals surface area contributed by atoms with Crippen molar-refractivity contribution in [2.75, 3.05) is 6.61 Å². The number of hydrogen-bond acceptors (Lipinski definition) is 4. The Balaban J connectivity index is 3.33. The van der Waals surface area contributed by atoms with Crippen LogP contribution in [0, 0.1) is 0 Å². The van der Waals surface area contributed by atoms with Crippen molar-refractivity contribution in [3.8, 4) is 0 Å². The average Bonchev–Trinajstić information content (AvgIpc) is 2.80. The number of hydrogen-bond donors (Lipinski definition) is 0. The van der Waals surface area contributed by atoms with Gasteiger partial charge < -0.3 is 13.6 Å². The fourth-order valence-electron chi connectivity index (χ4n) is 6.25. The largest absolute Gasteiger partial charge is 0.454 e. The lowest BCUT2D eigenvalue weighted by Gasteiger charge is -2.46. The summed E-state index contributed by atoms with van der Waals surface area (Å²) in [6, 6.07) is 0. The number of carbonyl (C=O) groups is 1. The summed E-state index contributed by atoms with van der Waals surface area (Å²) >= 11 is 3.03. The molecule has 1 aliphatic rings. The summed E-state index contributed by atoms with van der Waals surface area (Å²) in [5.41, 5.74) is 1.96. The van der Waals surface area contributed by atoms with Crippen LogP contribution < -0.4 is 0 Å². The number of halogens is 2. The van der Waals surface area contributed by atoms with Gasteiger partial charge in [0.05, 0.1) is 6.61 Å².